The van der Waals surface area contributed by atoms with Crippen molar-refractivity contribution >= 4 is 11.3 Å². The molecule has 0 aromatic carbocycles. The summed E-state index contributed by atoms with van der Waals surface area (Å²) in [5, 5.41) is 13.9. The second-order valence-electron chi connectivity index (χ2n) is 5.45. The van der Waals surface area contributed by atoms with E-state index in [0.29, 0.717) is 0 Å². The number of thiazole rings is 1. The zero-order valence-corrected chi connectivity index (χ0v) is 12.3. The highest BCUT2D eigenvalue weighted by molar-refractivity contribution is 7.09. The number of hydrogen-bond donors (Lipinski definition) is 1. The molecule has 1 unspecified atom stereocenters. The van der Waals surface area contributed by atoms with Gasteiger partial charge in [-0.3, -0.25) is 0 Å². The molecule has 0 aliphatic carbocycles. The van der Waals surface area contributed by atoms with Crippen LogP contribution in [0.2, 0.25) is 0 Å². The maximum Gasteiger partial charge on any atom is 0.0897 e. The summed E-state index contributed by atoms with van der Waals surface area (Å²) in [6, 6.07) is 0. The third-order valence-corrected chi connectivity index (χ3v) is 4.55. The molecule has 1 aliphatic heterocycles. The van der Waals surface area contributed by atoms with E-state index in [4.69, 9.17) is 0 Å². The molecule has 1 aromatic rings. The van der Waals surface area contributed by atoms with E-state index in [1.165, 1.54) is 6.42 Å². The van der Waals surface area contributed by atoms with E-state index in [2.05, 4.69) is 22.2 Å². The molecular formula is C14H24N2OS. The Kier molecular flexibility index (Phi) is 4.76. The summed E-state index contributed by atoms with van der Waals surface area (Å²) in [4.78, 5) is 6.96. The van der Waals surface area contributed by atoms with Gasteiger partial charge >= 0.3 is 0 Å². The van der Waals surface area contributed by atoms with Gasteiger partial charge in [0.1, 0.15) is 0 Å². The van der Waals surface area contributed by atoms with Crippen LogP contribution < -0.4 is 0 Å². The van der Waals surface area contributed by atoms with Crippen molar-refractivity contribution in [1.29, 1.82) is 0 Å². The number of hydrogen-bond acceptors (Lipinski definition) is 4. The molecule has 102 valence electrons. The summed E-state index contributed by atoms with van der Waals surface area (Å²) in [5.74, 6) is 0. The van der Waals surface area contributed by atoms with Gasteiger partial charge in [0.15, 0.2) is 0 Å². The first kappa shape index (κ1) is 14.0. The maximum absolute atomic E-state index is 10.7. The summed E-state index contributed by atoms with van der Waals surface area (Å²) in [7, 11) is 0. The molecule has 2 heterocycles. The minimum Gasteiger partial charge on any atom is -0.389 e. The standard InChI is InChI=1S/C14H24N2OS/c1-3-7-16-8-4-5-14(17,6-9-16)10-13-11-18-12(2)15-13/h11,17H,3-10H2,1-2H3. The predicted molar refractivity (Wildman–Crippen MR) is 76.1 cm³/mol. The van der Waals surface area contributed by atoms with E-state index in [-0.39, 0.29) is 0 Å². The Morgan fingerprint density at radius 2 is 2.28 bits per heavy atom. The largest absolute Gasteiger partial charge is 0.389 e. The molecule has 2 rings (SSSR count). The van der Waals surface area contributed by atoms with Crippen LogP contribution in [0, 0.1) is 6.92 Å². The predicted octanol–water partition coefficient (Wildman–Crippen LogP) is 2.62. The molecule has 1 aliphatic rings. The average molecular weight is 268 g/mol. The lowest BCUT2D eigenvalue weighted by molar-refractivity contribution is 0.0249. The van der Waals surface area contributed by atoms with Crippen molar-refractivity contribution in [1.82, 2.24) is 9.88 Å². The molecular weight excluding hydrogens is 244 g/mol. The quantitative estimate of drug-likeness (QED) is 0.912. The van der Waals surface area contributed by atoms with E-state index < -0.39 is 5.60 Å². The Labute approximate surface area is 114 Å². The van der Waals surface area contributed by atoms with E-state index >= 15 is 0 Å². The fourth-order valence-corrected chi connectivity index (χ4v) is 3.39. The van der Waals surface area contributed by atoms with E-state index in [1.54, 1.807) is 11.3 Å². The highest BCUT2D eigenvalue weighted by Gasteiger charge is 2.30. The summed E-state index contributed by atoms with van der Waals surface area (Å²) in [6.45, 7) is 7.55. The SMILES string of the molecule is CCCN1CCCC(O)(Cc2csc(C)n2)CC1. The molecule has 0 bridgehead atoms. The summed E-state index contributed by atoms with van der Waals surface area (Å²) in [6.07, 6.45) is 4.80. The van der Waals surface area contributed by atoms with Gasteiger partial charge in [0.2, 0.25) is 0 Å². The second-order valence-corrected chi connectivity index (χ2v) is 6.52. The minimum absolute atomic E-state index is 0.539. The van der Waals surface area contributed by atoms with Crippen LogP contribution in [0.3, 0.4) is 0 Å². The number of aliphatic hydroxyl groups is 1. The number of rotatable bonds is 4. The van der Waals surface area contributed by atoms with E-state index in [0.717, 1.165) is 56.0 Å². The molecule has 1 fully saturated rings. The topological polar surface area (TPSA) is 36.4 Å². The first-order chi connectivity index (χ1) is 8.61. The summed E-state index contributed by atoms with van der Waals surface area (Å²) >= 11 is 1.67. The van der Waals surface area contributed by atoms with Crippen LogP contribution in [0.1, 0.15) is 43.3 Å². The smallest absolute Gasteiger partial charge is 0.0897 e. The van der Waals surface area contributed by atoms with E-state index in [1.807, 2.05) is 6.92 Å². The Bertz CT molecular complexity index is 380. The van der Waals surface area contributed by atoms with Gasteiger partial charge in [-0.1, -0.05) is 6.92 Å². The average Bonchev–Trinajstić information content (AvgIpc) is 2.62. The van der Waals surface area contributed by atoms with Gasteiger partial charge in [-0.25, -0.2) is 4.98 Å². The molecule has 18 heavy (non-hydrogen) atoms. The Hall–Kier alpha value is -0.450. The van der Waals surface area contributed by atoms with Crippen molar-refractivity contribution in [2.45, 2.75) is 51.6 Å². The van der Waals surface area contributed by atoms with Crippen molar-refractivity contribution in [3.63, 3.8) is 0 Å². The molecule has 1 N–H and O–H groups in total. The van der Waals surface area contributed by atoms with Gasteiger partial charge < -0.3 is 10.0 Å². The molecule has 1 atom stereocenters. The van der Waals surface area contributed by atoms with Crippen LogP contribution in [0.4, 0.5) is 0 Å². The number of aromatic nitrogens is 1. The van der Waals surface area contributed by atoms with Crippen LogP contribution in [0.5, 0.6) is 0 Å². The zero-order valence-electron chi connectivity index (χ0n) is 11.5. The van der Waals surface area contributed by atoms with Gasteiger partial charge in [-0.15, -0.1) is 11.3 Å². The van der Waals surface area contributed by atoms with Crippen molar-refractivity contribution in [2.24, 2.45) is 0 Å². The Morgan fingerprint density at radius 3 is 2.94 bits per heavy atom. The van der Waals surface area contributed by atoms with Gasteiger partial charge in [-0.05, 0) is 45.7 Å². The second kappa shape index (κ2) is 6.13. The lowest BCUT2D eigenvalue weighted by atomic mass is 9.90. The fourth-order valence-electron chi connectivity index (χ4n) is 2.78. The normalized spacial score (nSPS) is 26.2. The molecule has 0 saturated carbocycles. The fraction of sp³-hybridized carbons (Fsp3) is 0.786. The molecule has 4 heteroatoms. The molecule has 0 radical (unpaired) electrons. The van der Waals surface area contributed by atoms with Gasteiger partial charge in [0.25, 0.3) is 0 Å². The van der Waals surface area contributed by atoms with Crippen molar-refractivity contribution in [3.05, 3.63) is 16.1 Å². The maximum atomic E-state index is 10.7. The third-order valence-electron chi connectivity index (χ3n) is 3.73. The zero-order chi connectivity index (χ0) is 13.0. The first-order valence-electron chi connectivity index (χ1n) is 6.97. The third kappa shape index (κ3) is 3.77. The van der Waals surface area contributed by atoms with E-state index in [9.17, 15) is 5.11 Å². The number of nitrogens with zero attached hydrogens (tertiary/aromatic N) is 2. The summed E-state index contributed by atoms with van der Waals surface area (Å²) < 4.78 is 0. The summed E-state index contributed by atoms with van der Waals surface area (Å²) in [5.41, 5.74) is 0.521. The Morgan fingerprint density at radius 1 is 1.44 bits per heavy atom. The molecule has 0 spiro atoms. The van der Waals surface area contributed by atoms with Crippen LogP contribution >= 0.6 is 11.3 Å². The molecule has 1 aromatic heterocycles. The van der Waals surface area contributed by atoms with Crippen molar-refractivity contribution in [3.8, 4) is 0 Å². The van der Waals surface area contributed by atoms with Crippen LogP contribution in [-0.2, 0) is 6.42 Å². The molecule has 0 amide bonds. The van der Waals surface area contributed by atoms with Crippen molar-refractivity contribution < 1.29 is 5.11 Å². The highest BCUT2D eigenvalue weighted by Crippen LogP contribution is 2.27. The van der Waals surface area contributed by atoms with Crippen LogP contribution in [-0.4, -0.2) is 40.2 Å². The van der Waals surface area contributed by atoms with Crippen LogP contribution in [0.25, 0.3) is 0 Å². The van der Waals surface area contributed by atoms with Gasteiger partial charge in [0, 0.05) is 18.3 Å². The first-order valence-corrected chi connectivity index (χ1v) is 7.85. The molecule has 3 nitrogen and oxygen atoms in total. The van der Waals surface area contributed by atoms with Gasteiger partial charge in [-0.2, -0.15) is 0 Å². The van der Waals surface area contributed by atoms with Crippen LogP contribution in [0.15, 0.2) is 5.38 Å². The lowest BCUT2D eigenvalue weighted by Crippen LogP contribution is -2.33. The highest BCUT2D eigenvalue weighted by atomic mass is 32.1. The number of likely N-dealkylation sites (tertiary alicyclic amines) is 1. The minimum atomic E-state index is -0.539. The number of aryl methyl sites for hydroxylation is 1. The Balaban J connectivity index is 1.94. The molecule has 1 saturated heterocycles. The van der Waals surface area contributed by atoms with Gasteiger partial charge in [0.05, 0.1) is 16.3 Å². The lowest BCUT2D eigenvalue weighted by Gasteiger charge is -2.26. The monoisotopic (exact) mass is 268 g/mol. The van der Waals surface area contributed by atoms with Crippen molar-refractivity contribution in [2.75, 3.05) is 19.6 Å².